The molecule has 0 aromatic rings. The molecule has 4 nitrogen and oxygen atoms in total. The number of aliphatic hydroxyl groups excluding tert-OH is 2. The standard InChI is InChI=1S/C21H39NO3/c1-2-3-4-5-6-7-8-9-10-11-12-13-14-15-16-17-21(25)22-20(18-23)19-24/h6-7,9-10,20,23-24H,2-5,8,11-19H2,1H3,(H,22,25)/b7-6-,10-9-. The fraction of sp³-hybridized carbons (Fsp3) is 0.762. The Morgan fingerprint density at radius 2 is 1.40 bits per heavy atom. The number of carbonyl (C=O) groups excluding carboxylic acids is 1. The molecule has 0 aromatic heterocycles. The molecule has 0 spiro atoms. The maximum Gasteiger partial charge on any atom is 0.220 e. The third-order valence-electron chi connectivity index (χ3n) is 4.16. The van der Waals surface area contributed by atoms with Crippen LogP contribution in [0.15, 0.2) is 24.3 Å². The van der Waals surface area contributed by atoms with Gasteiger partial charge in [-0.1, -0.05) is 63.3 Å². The first-order chi connectivity index (χ1) is 12.2. The molecule has 4 heteroatoms. The summed E-state index contributed by atoms with van der Waals surface area (Å²) < 4.78 is 0. The van der Waals surface area contributed by atoms with Crippen molar-refractivity contribution >= 4 is 5.91 Å². The van der Waals surface area contributed by atoms with E-state index in [4.69, 9.17) is 10.2 Å². The van der Waals surface area contributed by atoms with Crippen molar-refractivity contribution in [3.63, 3.8) is 0 Å². The molecule has 25 heavy (non-hydrogen) atoms. The SMILES string of the molecule is CCCCC/C=C\C/C=C\CCCCCCCC(=O)NC(CO)CO. The number of nitrogens with one attached hydrogen (secondary N) is 1. The lowest BCUT2D eigenvalue weighted by Gasteiger charge is -2.12. The van der Waals surface area contributed by atoms with E-state index in [9.17, 15) is 4.79 Å². The quantitative estimate of drug-likeness (QED) is 0.270. The second-order valence-electron chi connectivity index (χ2n) is 6.61. The summed E-state index contributed by atoms with van der Waals surface area (Å²) in [6, 6.07) is -0.523. The molecule has 0 atom stereocenters. The van der Waals surface area contributed by atoms with Gasteiger partial charge in [-0.3, -0.25) is 4.79 Å². The largest absolute Gasteiger partial charge is 0.394 e. The van der Waals surface area contributed by atoms with E-state index in [1.807, 2.05) is 0 Å². The molecule has 0 radical (unpaired) electrons. The Hall–Kier alpha value is -1.13. The first-order valence-corrected chi connectivity index (χ1v) is 10.1. The van der Waals surface area contributed by atoms with Gasteiger partial charge in [0.1, 0.15) is 0 Å². The van der Waals surface area contributed by atoms with Gasteiger partial charge in [-0.15, -0.1) is 0 Å². The summed E-state index contributed by atoms with van der Waals surface area (Å²) in [5.74, 6) is -0.0845. The van der Waals surface area contributed by atoms with Gasteiger partial charge in [-0.05, 0) is 38.5 Å². The fourth-order valence-corrected chi connectivity index (χ4v) is 2.55. The van der Waals surface area contributed by atoms with Crippen LogP contribution in [0.3, 0.4) is 0 Å². The van der Waals surface area contributed by atoms with Crippen LogP contribution in [-0.2, 0) is 4.79 Å². The van der Waals surface area contributed by atoms with Gasteiger partial charge < -0.3 is 15.5 Å². The van der Waals surface area contributed by atoms with Gasteiger partial charge in [0.05, 0.1) is 19.3 Å². The summed E-state index contributed by atoms with van der Waals surface area (Å²) in [5, 5.41) is 20.4. The number of allylic oxidation sites excluding steroid dienone is 4. The Kier molecular flexibility index (Phi) is 18.3. The summed E-state index contributed by atoms with van der Waals surface area (Å²) in [4.78, 5) is 11.6. The van der Waals surface area contributed by atoms with E-state index in [1.165, 1.54) is 38.5 Å². The van der Waals surface area contributed by atoms with E-state index in [0.717, 1.165) is 32.1 Å². The molecule has 0 heterocycles. The highest BCUT2D eigenvalue weighted by molar-refractivity contribution is 5.76. The minimum absolute atomic E-state index is 0.0845. The maximum absolute atomic E-state index is 11.6. The Morgan fingerprint density at radius 3 is 2.00 bits per heavy atom. The van der Waals surface area contributed by atoms with Crippen LogP contribution in [0.25, 0.3) is 0 Å². The van der Waals surface area contributed by atoms with Crippen LogP contribution in [0.5, 0.6) is 0 Å². The zero-order valence-corrected chi connectivity index (χ0v) is 16.1. The van der Waals surface area contributed by atoms with Crippen molar-refractivity contribution in [2.75, 3.05) is 13.2 Å². The van der Waals surface area contributed by atoms with Crippen LogP contribution in [0.1, 0.15) is 84.0 Å². The third kappa shape index (κ3) is 17.5. The lowest BCUT2D eigenvalue weighted by Crippen LogP contribution is -2.39. The molecule has 0 saturated heterocycles. The van der Waals surface area contributed by atoms with E-state index in [1.54, 1.807) is 0 Å². The molecule has 3 N–H and O–H groups in total. The molecule has 0 aromatic carbocycles. The van der Waals surface area contributed by atoms with Gasteiger partial charge in [0.15, 0.2) is 0 Å². The van der Waals surface area contributed by atoms with Crippen LogP contribution in [-0.4, -0.2) is 35.4 Å². The van der Waals surface area contributed by atoms with Crippen molar-refractivity contribution in [1.82, 2.24) is 5.32 Å². The number of hydrogen-bond acceptors (Lipinski definition) is 3. The minimum atomic E-state index is -0.523. The Bertz CT molecular complexity index is 349. The summed E-state index contributed by atoms with van der Waals surface area (Å²) in [7, 11) is 0. The predicted molar refractivity (Wildman–Crippen MR) is 105 cm³/mol. The summed E-state index contributed by atoms with van der Waals surface area (Å²) in [6.07, 6.45) is 22.4. The maximum atomic E-state index is 11.6. The van der Waals surface area contributed by atoms with E-state index in [-0.39, 0.29) is 19.1 Å². The highest BCUT2D eigenvalue weighted by Gasteiger charge is 2.09. The average molecular weight is 354 g/mol. The van der Waals surface area contributed by atoms with Gasteiger partial charge in [-0.2, -0.15) is 0 Å². The lowest BCUT2D eigenvalue weighted by molar-refractivity contribution is -0.122. The average Bonchev–Trinajstić information content (AvgIpc) is 2.62. The van der Waals surface area contributed by atoms with E-state index in [0.29, 0.717) is 6.42 Å². The van der Waals surface area contributed by atoms with E-state index >= 15 is 0 Å². The van der Waals surface area contributed by atoms with E-state index < -0.39 is 6.04 Å². The van der Waals surface area contributed by atoms with Crippen molar-refractivity contribution in [2.45, 2.75) is 90.0 Å². The zero-order chi connectivity index (χ0) is 18.6. The Labute approximate surface area is 154 Å². The van der Waals surface area contributed by atoms with E-state index in [2.05, 4.69) is 36.5 Å². The predicted octanol–water partition coefficient (Wildman–Crippen LogP) is 4.27. The molecule has 0 aliphatic heterocycles. The number of aliphatic hydroxyl groups is 2. The molecular weight excluding hydrogens is 314 g/mol. The summed E-state index contributed by atoms with van der Waals surface area (Å²) >= 11 is 0. The fourth-order valence-electron chi connectivity index (χ4n) is 2.55. The van der Waals surface area contributed by atoms with Gasteiger partial charge in [0.25, 0.3) is 0 Å². The van der Waals surface area contributed by atoms with Gasteiger partial charge in [0, 0.05) is 6.42 Å². The van der Waals surface area contributed by atoms with Crippen molar-refractivity contribution in [2.24, 2.45) is 0 Å². The van der Waals surface area contributed by atoms with Gasteiger partial charge in [-0.25, -0.2) is 0 Å². The monoisotopic (exact) mass is 353 g/mol. The zero-order valence-electron chi connectivity index (χ0n) is 16.1. The number of rotatable bonds is 17. The summed E-state index contributed by atoms with van der Waals surface area (Å²) in [5.41, 5.74) is 0. The first kappa shape index (κ1) is 23.9. The molecule has 0 fully saturated rings. The Balaban J connectivity index is 3.35. The van der Waals surface area contributed by atoms with Crippen molar-refractivity contribution < 1.29 is 15.0 Å². The molecule has 0 rings (SSSR count). The number of unbranched alkanes of at least 4 members (excludes halogenated alkanes) is 8. The van der Waals surface area contributed by atoms with Gasteiger partial charge >= 0.3 is 0 Å². The molecule has 0 aliphatic carbocycles. The normalized spacial score (nSPS) is 11.8. The van der Waals surface area contributed by atoms with Crippen LogP contribution >= 0.6 is 0 Å². The number of amides is 1. The van der Waals surface area contributed by atoms with Crippen molar-refractivity contribution in [1.29, 1.82) is 0 Å². The second-order valence-corrected chi connectivity index (χ2v) is 6.61. The first-order valence-electron chi connectivity index (χ1n) is 10.1. The molecule has 0 aliphatic rings. The Morgan fingerprint density at radius 1 is 0.840 bits per heavy atom. The number of carbonyl (C=O) groups is 1. The minimum Gasteiger partial charge on any atom is -0.394 e. The highest BCUT2D eigenvalue weighted by atomic mass is 16.3. The number of hydrogen-bond donors (Lipinski definition) is 3. The second kappa shape index (κ2) is 19.2. The van der Waals surface area contributed by atoms with Crippen molar-refractivity contribution in [3.8, 4) is 0 Å². The molecule has 146 valence electrons. The topological polar surface area (TPSA) is 69.6 Å². The highest BCUT2D eigenvalue weighted by Crippen LogP contribution is 2.08. The molecule has 0 saturated carbocycles. The van der Waals surface area contributed by atoms with Crippen LogP contribution < -0.4 is 5.32 Å². The van der Waals surface area contributed by atoms with Crippen LogP contribution in [0, 0.1) is 0 Å². The molecule has 0 bridgehead atoms. The molecular formula is C21H39NO3. The molecule has 1 amide bonds. The van der Waals surface area contributed by atoms with Crippen LogP contribution in [0.2, 0.25) is 0 Å². The van der Waals surface area contributed by atoms with Gasteiger partial charge in [0.2, 0.25) is 5.91 Å². The van der Waals surface area contributed by atoms with Crippen LogP contribution in [0.4, 0.5) is 0 Å². The summed E-state index contributed by atoms with van der Waals surface area (Å²) in [6.45, 7) is 1.80. The lowest BCUT2D eigenvalue weighted by atomic mass is 10.1. The molecule has 0 unspecified atom stereocenters. The third-order valence-corrected chi connectivity index (χ3v) is 4.16. The smallest absolute Gasteiger partial charge is 0.220 e. The van der Waals surface area contributed by atoms with Crippen molar-refractivity contribution in [3.05, 3.63) is 24.3 Å².